The number of thiocarbonyl (C=S) groups is 1. The number of hydrogen-bond donors (Lipinski definition) is 1. The van der Waals surface area contributed by atoms with Gasteiger partial charge in [0, 0.05) is 25.6 Å². The van der Waals surface area contributed by atoms with Crippen molar-refractivity contribution in [3.05, 3.63) is 51.0 Å². The summed E-state index contributed by atoms with van der Waals surface area (Å²) in [7, 11) is 1.65. The zero-order valence-corrected chi connectivity index (χ0v) is 16.8. The molecule has 1 aliphatic heterocycles. The summed E-state index contributed by atoms with van der Waals surface area (Å²) in [5.41, 5.74) is 0.817. The van der Waals surface area contributed by atoms with Gasteiger partial charge in [-0.05, 0) is 30.3 Å². The molecule has 1 aromatic heterocycles. The summed E-state index contributed by atoms with van der Waals surface area (Å²) in [6, 6.07) is 8.88. The summed E-state index contributed by atoms with van der Waals surface area (Å²) in [6.45, 7) is 1.08. The monoisotopic (exact) mass is 429 g/mol. The first-order valence-corrected chi connectivity index (χ1v) is 9.13. The number of benzene rings is 1. The molecule has 1 aromatic carbocycles. The zero-order valence-electron chi connectivity index (χ0n) is 13.7. The quantitative estimate of drug-likeness (QED) is 0.523. The van der Waals surface area contributed by atoms with E-state index in [0.29, 0.717) is 30.8 Å². The van der Waals surface area contributed by atoms with Crippen molar-refractivity contribution < 1.29 is 19.1 Å². The minimum Gasteiger partial charge on any atom is -0.481 e. The molecular formula is C17H13Cl2NO4S2. The summed E-state index contributed by atoms with van der Waals surface area (Å²) in [6.07, 6.45) is 1.68. The number of likely N-dealkylation sites (N-methyl/N-ethyl adjacent to an activating group) is 1. The molecule has 9 heteroatoms. The molecule has 5 nitrogen and oxygen atoms in total. The first kappa shape index (κ1) is 20.5. The van der Waals surface area contributed by atoms with Crippen molar-refractivity contribution >= 4 is 69.5 Å². The van der Waals surface area contributed by atoms with Gasteiger partial charge in [-0.2, -0.15) is 0 Å². The van der Waals surface area contributed by atoms with Gasteiger partial charge in [0.1, 0.15) is 15.8 Å². The lowest BCUT2D eigenvalue weighted by molar-refractivity contribution is -0.134. The fraction of sp³-hybridized carbons (Fsp3) is 0.118. The molecule has 136 valence electrons. The third-order valence-corrected chi connectivity index (χ3v) is 5.31. The minimum absolute atomic E-state index is 0.123. The summed E-state index contributed by atoms with van der Waals surface area (Å²) in [5.74, 6) is 0.273. The number of amides is 1. The second kappa shape index (κ2) is 8.73. The van der Waals surface area contributed by atoms with Crippen molar-refractivity contribution in [2.24, 2.45) is 0 Å². The molecule has 1 N–H and O–H groups in total. The predicted molar refractivity (Wildman–Crippen MR) is 108 cm³/mol. The molecule has 0 spiro atoms. The second-order valence-corrected chi connectivity index (χ2v) is 7.58. The number of furan rings is 1. The van der Waals surface area contributed by atoms with Crippen LogP contribution in [0, 0.1) is 0 Å². The molecule has 3 rings (SSSR count). The Labute approximate surface area is 169 Å². The average molecular weight is 430 g/mol. The molecule has 1 amide bonds. The Kier molecular flexibility index (Phi) is 6.88. The molecule has 1 aliphatic rings. The Morgan fingerprint density at radius 1 is 1.27 bits per heavy atom. The van der Waals surface area contributed by atoms with Gasteiger partial charge in [0.15, 0.2) is 0 Å². The van der Waals surface area contributed by atoms with Gasteiger partial charge in [-0.1, -0.05) is 47.2 Å². The third-order valence-electron chi connectivity index (χ3n) is 3.09. The van der Waals surface area contributed by atoms with Gasteiger partial charge in [-0.25, -0.2) is 0 Å². The number of carboxylic acids is 1. The number of carbonyl (C=O) groups is 2. The number of rotatable bonds is 2. The first-order chi connectivity index (χ1) is 12.2. The molecule has 0 atom stereocenters. The molecule has 0 radical (unpaired) electrons. The maximum absolute atomic E-state index is 12.0. The Hall–Kier alpha value is -1.80. The van der Waals surface area contributed by atoms with E-state index >= 15 is 0 Å². The van der Waals surface area contributed by atoms with Crippen molar-refractivity contribution in [2.45, 2.75) is 6.92 Å². The Balaban J connectivity index is 0.000000552. The fourth-order valence-corrected chi connectivity index (χ4v) is 3.37. The summed E-state index contributed by atoms with van der Waals surface area (Å²) < 4.78 is 6.27. The maximum Gasteiger partial charge on any atom is 0.300 e. The Morgan fingerprint density at radius 3 is 2.46 bits per heavy atom. The van der Waals surface area contributed by atoms with Crippen LogP contribution in [0.25, 0.3) is 17.4 Å². The number of carboxylic acid groups (broad SMARTS) is 1. The minimum atomic E-state index is -0.833. The van der Waals surface area contributed by atoms with E-state index in [1.165, 1.54) is 16.7 Å². The van der Waals surface area contributed by atoms with Crippen LogP contribution in [-0.4, -0.2) is 33.3 Å². The number of nitrogens with zero attached hydrogens (tertiary/aromatic N) is 1. The Bertz CT molecular complexity index is 904. The molecule has 1 saturated heterocycles. The maximum atomic E-state index is 12.0. The summed E-state index contributed by atoms with van der Waals surface area (Å²) in [5, 5.41) is 8.37. The van der Waals surface area contributed by atoms with Crippen molar-refractivity contribution in [1.82, 2.24) is 4.90 Å². The molecule has 0 bridgehead atoms. The number of hydrogen-bond acceptors (Lipinski definition) is 5. The van der Waals surface area contributed by atoms with Crippen LogP contribution >= 0.6 is 47.2 Å². The van der Waals surface area contributed by atoms with E-state index in [0.717, 1.165) is 12.5 Å². The van der Waals surface area contributed by atoms with Crippen molar-refractivity contribution in [3.8, 4) is 11.3 Å². The lowest BCUT2D eigenvalue weighted by Gasteiger charge is -2.03. The van der Waals surface area contributed by atoms with Crippen molar-refractivity contribution in [3.63, 3.8) is 0 Å². The highest BCUT2D eigenvalue weighted by Gasteiger charge is 2.29. The van der Waals surface area contributed by atoms with E-state index in [9.17, 15) is 4.79 Å². The van der Waals surface area contributed by atoms with Crippen LogP contribution in [0.15, 0.2) is 39.7 Å². The standard InChI is InChI=1S/C15H9Cl2NO2S2.C2H4O2/c1-18-14(19)13(22-15(18)21)7-9-3-5-12(20-9)8-2-4-10(16)11(17)6-8;1-2(3)4/h2-7H,1H3;1H3,(H,3,4)/b13-7+;. The van der Waals surface area contributed by atoms with Gasteiger partial charge in [0.05, 0.1) is 15.0 Å². The number of carbonyl (C=O) groups excluding carboxylic acids is 1. The molecule has 0 unspecified atom stereocenters. The van der Waals surface area contributed by atoms with Crippen LogP contribution in [0.3, 0.4) is 0 Å². The van der Waals surface area contributed by atoms with E-state index in [4.69, 9.17) is 49.7 Å². The lowest BCUT2D eigenvalue weighted by Crippen LogP contribution is -2.22. The normalized spacial score (nSPS) is 15.2. The van der Waals surface area contributed by atoms with Gasteiger partial charge < -0.3 is 9.52 Å². The Morgan fingerprint density at radius 2 is 1.92 bits per heavy atom. The highest BCUT2D eigenvalue weighted by Crippen LogP contribution is 2.33. The van der Waals surface area contributed by atoms with Crippen molar-refractivity contribution in [2.75, 3.05) is 7.05 Å². The molecule has 0 saturated carbocycles. The average Bonchev–Trinajstić information content (AvgIpc) is 3.11. The second-order valence-electron chi connectivity index (χ2n) is 5.09. The summed E-state index contributed by atoms with van der Waals surface area (Å²) in [4.78, 5) is 22.9. The van der Waals surface area contributed by atoms with E-state index in [2.05, 4.69) is 0 Å². The number of halogens is 2. The molecule has 2 heterocycles. The van der Waals surface area contributed by atoms with Crippen molar-refractivity contribution in [1.29, 1.82) is 0 Å². The third kappa shape index (κ3) is 5.11. The lowest BCUT2D eigenvalue weighted by atomic mass is 10.2. The van der Waals surface area contributed by atoms with Crippen LogP contribution in [0.5, 0.6) is 0 Å². The first-order valence-electron chi connectivity index (χ1n) is 7.15. The smallest absolute Gasteiger partial charge is 0.300 e. The van der Waals surface area contributed by atoms with Gasteiger partial charge in [0.25, 0.3) is 11.9 Å². The molecule has 1 fully saturated rings. The van der Waals surface area contributed by atoms with Crippen LogP contribution in [0.2, 0.25) is 10.0 Å². The van der Waals surface area contributed by atoms with Gasteiger partial charge >= 0.3 is 0 Å². The topological polar surface area (TPSA) is 70.8 Å². The van der Waals surface area contributed by atoms with Gasteiger partial charge in [-0.15, -0.1) is 0 Å². The number of aliphatic carboxylic acids is 1. The molecule has 2 aromatic rings. The molecular weight excluding hydrogens is 417 g/mol. The highest BCUT2D eigenvalue weighted by atomic mass is 35.5. The number of thioether (sulfide) groups is 1. The van der Waals surface area contributed by atoms with Crippen LogP contribution in [0.4, 0.5) is 0 Å². The summed E-state index contributed by atoms with van der Waals surface area (Å²) >= 11 is 18.3. The van der Waals surface area contributed by atoms with Crippen LogP contribution in [-0.2, 0) is 9.59 Å². The largest absolute Gasteiger partial charge is 0.481 e. The predicted octanol–water partition coefficient (Wildman–Crippen LogP) is 5.18. The van der Waals surface area contributed by atoms with E-state index < -0.39 is 5.97 Å². The van der Waals surface area contributed by atoms with E-state index in [-0.39, 0.29) is 5.91 Å². The van der Waals surface area contributed by atoms with Gasteiger partial charge in [-0.3, -0.25) is 14.5 Å². The molecule has 26 heavy (non-hydrogen) atoms. The fourth-order valence-electron chi connectivity index (χ4n) is 1.91. The molecule has 0 aliphatic carbocycles. The van der Waals surface area contributed by atoms with Crippen LogP contribution in [0.1, 0.15) is 12.7 Å². The SMILES string of the molecule is CC(=O)O.CN1C(=O)/C(=C\c2ccc(-c3ccc(Cl)c(Cl)c3)o2)SC1=S. The van der Waals surface area contributed by atoms with E-state index in [1.54, 1.807) is 31.3 Å². The van der Waals surface area contributed by atoms with E-state index in [1.807, 2.05) is 12.1 Å². The zero-order chi connectivity index (χ0) is 19.4. The van der Waals surface area contributed by atoms with Gasteiger partial charge in [0.2, 0.25) is 0 Å². The highest BCUT2D eigenvalue weighted by molar-refractivity contribution is 8.26. The van der Waals surface area contributed by atoms with Crippen LogP contribution < -0.4 is 0 Å².